The lowest BCUT2D eigenvalue weighted by atomic mass is 9.97. The third-order valence-corrected chi connectivity index (χ3v) is 5.78. The van der Waals surface area contributed by atoms with Crippen LogP contribution in [0.2, 0.25) is 0 Å². The second-order valence-electron chi connectivity index (χ2n) is 8.25. The number of anilines is 1. The van der Waals surface area contributed by atoms with Gasteiger partial charge in [0.15, 0.2) is 0 Å². The fourth-order valence-electron chi connectivity index (χ4n) is 4.00. The number of hydrogen-bond acceptors (Lipinski definition) is 6. The Hall–Kier alpha value is -2.34. The maximum absolute atomic E-state index is 13.7. The minimum atomic E-state index is -0.763. The van der Waals surface area contributed by atoms with Crippen LogP contribution in [0.5, 0.6) is 0 Å². The van der Waals surface area contributed by atoms with Crippen molar-refractivity contribution in [2.75, 3.05) is 51.3 Å². The van der Waals surface area contributed by atoms with Gasteiger partial charge in [0.2, 0.25) is 5.91 Å². The quantitative estimate of drug-likeness (QED) is 0.404. The molecule has 1 aromatic carbocycles. The van der Waals surface area contributed by atoms with E-state index >= 15 is 0 Å². The van der Waals surface area contributed by atoms with Gasteiger partial charge in [0, 0.05) is 25.7 Å². The molecule has 2 saturated heterocycles. The molecule has 0 bridgehead atoms. The van der Waals surface area contributed by atoms with E-state index in [1.807, 2.05) is 0 Å². The Balaban J connectivity index is 1.37. The summed E-state index contributed by atoms with van der Waals surface area (Å²) >= 11 is 0. The number of amides is 3. The number of nitrogens with one attached hydrogen (secondary N) is 3. The van der Waals surface area contributed by atoms with Crippen molar-refractivity contribution in [2.45, 2.75) is 43.9 Å². The summed E-state index contributed by atoms with van der Waals surface area (Å²) in [6.07, 6.45) is 0.922. The number of halogens is 2. The first-order valence-electron chi connectivity index (χ1n) is 11.3. The summed E-state index contributed by atoms with van der Waals surface area (Å²) in [4.78, 5) is 26.8. The van der Waals surface area contributed by atoms with Crippen LogP contribution >= 0.6 is 0 Å². The monoisotopic (exact) mass is 470 g/mol. The van der Waals surface area contributed by atoms with Crippen molar-refractivity contribution in [1.29, 1.82) is 0 Å². The molecular weight excluding hydrogens is 438 g/mol. The molecule has 2 aliphatic heterocycles. The second kappa shape index (κ2) is 12.8. The molecule has 0 spiro atoms. The Morgan fingerprint density at radius 3 is 2.73 bits per heavy atom. The van der Waals surface area contributed by atoms with E-state index in [0.29, 0.717) is 19.4 Å². The van der Waals surface area contributed by atoms with Crippen molar-refractivity contribution < 1.29 is 33.0 Å². The summed E-state index contributed by atoms with van der Waals surface area (Å²) in [7, 11) is 0. The normalized spacial score (nSPS) is 23.7. The molecule has 2 aliphatic rings. The van der Waals surface area contributed by atoms with Crippen LogP contribution in [0.3, 0.4) is 0 Å². The summed E-state index contributed by atoms with van der Waals surface area (Å²) in [6.45, 7) is 4.45. The molecule has 2 heterocycles. The molecule has 4 N–H and O–H groups in total. The number of carbonyl (C=O) groups is 2. The summed E-state index contributed by atoms with van der Waals surface area (Å²) in [5.74, 6) is -1.56. The van der Waals surface area contributed by atoms with E-state index in [1.165, 1.54) is 0 Å². The molecule has 2 fully saturated rings. The van der Waals surface area contributed by atoms with Crippen LogP contribution in [0, 0.1) is 11.6 Å². The van der Waals surface area contributed by atoms with Crippen LogP contribution < -0.4 is 16.0 Å². The van der Waals surface area contributed by atoms with Gasteiger partial charge >= 0.3 is 6.03 Å². The highest BCUT2D eigenvalue weighted by molar-refractivity contribution is 5.89. The smallest absolute Gasteiger partial charge is 0.319 e. The molecule has 3 amide bonds. The number of urea groups is 1. The number of ether oxygens (including phenoxy) is 2. The van der Waals surface area contributed by atoms with Crippen molar-refractivity contribution >= 4 is 17.6 Å². The topological polar surface area (TPSA) is 112 Å². The first-order chi connectivity index (χ1) is 15.9. The SMILES string of the molecule is O=C(C[C@H]1CC[C@H](NC(=O)Nc2cc(F)ccc2F)[C@@H](CO)O1)NCCCN1CCOCC1. The molecular formula is C22H32F2N4O5. The molecule has 0 aromatic heterocycles. The average molecular weight is 471 g/mol. The highest BCUT2D eigenvalue weighted by atomic mass is 19.1. The van der Waals surface area contributed by atoms with Crippen molar-refractivity contribution in [2.24, 2.45) is 0 Å². The van der Waals surface area contributed by atoms with Gasteiger partial charge in [-0.2, -0.15) is 0 Å². The van der Waals surface area contributed by atoms with E-state index in [1.54, 1.807) is 0 Å². The number of aliphatic hydroxyl groups excluding tert-OH is 1. The average Bonchev–Trinajstić information content (AvgIpc) is 2.81. The zero-order valence-corrected chi connectivity index (χ0v) is 18.5. The number of nitrogens with zero attached hydrogens (tertiary/aromatic N) is 1. The van der Waals surface area contributed by atoms with Gasteiger partial charge in [-0.15, -0.1) is 0 Å². The number of morpholine rings is 1. The molecule has 184 valence electrons. The largest absolute Gasteiger partial charge is 0.394 e. The third kappa shape index (κ3) is 8.18. The van der Waals surface area contributed by atoms with Crippen LogP contribution in [0.25, 0.3) is 0 Å². The lowest BCUT2D eigenvalue weighted by molar-refractivity contribution is -0.130. The van der Waals surface area contributed by atoms with E-state index in [0.717, 1.165) is 57.5 Å². The lowest BCUT2D eigenvalue weighted by Gasteiger charge is -2.36. The summed E-state index contributed by atoms with van der Waals surface area (Å²) < 4.78 is 38.1. The Morgan fingerprint density at radius 1 is 1.18 bits per heavy atom. The molecule has 9 nitrogen and oxygen atoms in total. The van der Waals surface area contributed by atoms with E-state index in [2.05, 4.69) is 20.9 Å². The Bertz CT molecular complexity index is 794. The predicted molar refractivity (Wildman–Crippen MR) is 117 cm³/mol. The maximum Gasteiger partial charge on any atom is 0.319 e. The summed E-state index contributed by atoms with van der Waals surface area (Å²) in [5, 5.41) is 17.5. The van der Waals surface area contributed by atoms with E-state index in [9.17, 15) is 23.5 Å². The van der Waals surface area contributed by atoms with E-state index in [4.69, 9.17) is 9.47 Å². The minimum Gasteiger partial charge on any atom is -0.394 e. The van der Waals surface area contributed by atoms with Crippen molar-refractivity contribution in [3.63, 3.8) is 0 Å². The summed E-state index contributed by atoms with van der Waals surface area (Å²) in [5.41, 5.74) is -0.284. The number of carbonyl (C=O) groups excluding carboxylic acids is 2. The van der Waals surface area contributed by atoms with E-state index < -0.39 is 29.8 Å². The van der Waals surface area contributed by atoms with Gasteiger partial charge in [-0.25, -0.2) is 13.6 Å². The van der Waals surface area contributed by atoms with Crippen LogP contribution in [-0.2, 0) is 14.3 Å². The van der Waals surface area contributed by atoms with Gasteiger partial charge in [0.1, 0.15) is 17.7 Å². The molecule has 1 aromatic rings. The first-order valence-corrected chi connectivity index (χ1v) is 11.3. The van der Waals surface area contributed by atoms with Crippen LogP contribution in [0.4, 0.5) is 19.3 Å². The van der Waals surface area contributed by atoms with E-state index in [-0.39, 0.29) is 30.7 Å². The van der Waals surface area contributed by atoms with Crippen LogP contribution in [0.1, 0.15) is 25.7 Å². The highest BCUT2D eigenvalue weighted by Crippen LogP contribution is 2.22. The van der Waals surface area contributed by atoms with Gasteiger partial charge in [-0.3, -0.25) is 9.69 Å². The van der Waals surface area contributed by atoms with Crippen LogP contribution in [0.15, 0.2) is 18.2 Å². The Labute approximate surface area is 191 Å². The first kappa shape index (κ1) is 25.3. The Kier molecular flexibility index (Phi) is 9.79. The number of aliphatic hydroxyl groups is 1. The molecule has 0 unspecified atom stereocenters. The lowest BCUT2D eigenvalue weighted by Crippen LogP contribution is -2.52. The highest BCUT2D eigenvalue weighted by Gasteiger charge is 2.33. The summed E-state index contributed by atoms with van der Waals surface area (Å²) in [6, 6.07) is 1.49. The Morgan fingerprint density at radius 2 is 1.97 bits per heavy atom. The molecule has 3 atom stereocenters. The number of rotatable bonds is 9. The third-order valence-electron chi connectivity index (χ3n) is 5.78. The number of benzene rings is 1. The number of hydrogen-bond donors (Lipinski definition) is 4. The predicted octanol–water partition coefficient (Wildman–Crippen LogP) is 1.22. The van der Waals surface area contributed by atoms with Gasteiger partial charge in [-0.05, 0) is 37.9 Å². The fraction of sp³-hybridized carbons (Fsp3) is 0.636. The van der Waals surface area contributed by atoms with Crippen LogP contribution in [-0.4, -0.2) is 86.2 Å². The van der Waals surface area contributed by atoms with Crippen molar-refractivity contribution in [3.05, 3.63) is 29.8 Å². The van der Waals surface area contributed by atoms with Crippen molar-refractivity contribution in [1.82, 2.24) is 15.5 Å². The maximum atomic E-state index is 13.7. The zero-order valence-electron chi connectivity index (χ0n) is 18.5. The molecule has 3 rings (SSSR count). The molecule has 0 radical (unpaired) electrons. The molecule has 11 heteroatoms. The molecule has 33 heavy (non-hydrogen) atoms. The van der Waals surface area contributed by atoms with Gasteiger partial charge in [-0.1, -0.05) is 0 Å². The van der Waals surface area contributed by atoms with Crippen molar-refractivity contribution in [3.8, 4) is 0 Å². The molecule has 0 aliphatic carbocycles. The second-order valence-corrected chi connectivity index (χ2v) is 8.25. The van der Waals surface area contributed by atoms with Gasteiger partial charge < -0.3 is 30.5 Å². The minimum absolute atomic E-state index is 0.121. The molecule has 0 saturated carbocycles. The van der Waals surface area contributed by atoms with Gasteiger partial charge in [0.05, 0.1) is 44.1 Å². The standard InChI is InChI=1S/C22H32F2N4O5/c23-15-2-4-17(24)19(12-15)27-22(31)26-18-5-3-16(33-20(18)14-29)13-21(30)25-6-1-7-28-8-10-32-11-9-28/h2,4,12,16,18,20,29H,1,3,5-11,13-14H2,(H,25,30)(H2,26,27,31)/t16-,18+,20-/m1/s1. The fourth-order valence-corrected chi connectivity index (χ4v) is 4.00. The van der Waals surface area contributed by atoms with Gasteiger partial charge in [0.25, 0.3) is 0 Å². The zero-order chi connectivity index (χ0) is 23.6.